The second-order valence-electron chi connectivity index (χ2n) is 4.09. The lowest BCUT2D eigenvalue weighted by molar-refractivity contribution is 0.154. The maximum atomic E-state index is 5.68. The summed E-state index contributed by atoms with van der Waals surface area (Å²) < 4.78 is 6.54. The molecule has 0 saturated carbocycles. The molecule has 1 aromatic carbocycles. The number of hydrogen-bond donors (Lipinski definition) is 1. The van der Waals surface area contributed by atoms with Gasteiger partial charge in [0.05, 0.1) is 6.61 Å². The molecule has 102 valence electrons. The van der Waals surface area contributed by atoms with Crippen molar-refractivity contribution in [3.8, 4) is 0 Å². The molecule has 0 fully saturated rings. The van der Waals surface area contributed by atoms with Crippen molar-refractivity contribution in [1.82, 2.24) is 0 Å². The first kappa shape index (κ1) is 15.5. The van der Waals surface area contributed by atoms with Gasteiger partial charge in [-0.05, 0) is 50.6 Å². The second-order valence-corrected chi connectivity index (χ2v) is 5.00. The van der Waals surface area contributed by atoms with Crippen LogP contribution in [-0.4, -0.2) is 32.8 Å². The molecule has 0 spiro atoms. The third-order valence-electron chi connectivity index (χ3n) is 2.89. The van der Waals surface area contributed by atoms with Crippen molar-refractivity contribution in [3.63, 3.8) is 0 Å². The first-order chi connectivity index (χ1) is 8.72. The van der Waals surface area contributed by atoms with Crippen LogP contribution >= 0.6 is 15.9 Å². The third-order valence-corrected chi connectivity index (χ3v) is 3.38. The molecule has 0 unspecified atom stereocenters. The summed E-state index contributed by atoms with van der Waals surface area (Å²) in [6.07, 6.45) is 0.903. The lowest BCUT2D eigenvalue weighted by atomic mass is 10.1. The Hall–Kier alpha value is -0.580. The molecule has 0 radical (unpaired) electrons. The van der Waals surface area contributed by atoms with Crippen molar-refractivity contribution >= 4 is 21.6 Å². The van der Waals surface area contributed by atoms with E-state index in [-0.39, 0.29) is 0 Å². The van der Waals surface area contributed by atoms with Gasteiger partial charge in [0.1, 0.15) is 0 Å². The lowest BCUT2D eigenvalue weighted by Gasteiger charge is -2.26. The molecule has 1 aromatic rings. The molecule has 0 aliphatic heterocycles. The van der Waals surface area contributed by atoms with Crippen LogP contribution in [0.25, 0.3) is 0 Å². The molecule has 0 aromatic heterocycles. The summed E-state index contributed by atoms with van der Waals surface area (Å²) in [5.41, 5.74) is 8.25. The Morgan fingerprint density at radius 1 is 1.33 bits per heavy atom. The van der Waals surface area contributed by atoms with E-state index in [9.17, 15) is 0 Å². The largest absolute Gasteiger partial charge is 0.380 e. The molecule has 0 saturated heterocycles. The molecule has 4 heteroatoms. The van der Waals surface area contributed by atoms with E-state index >= 15 is 0 Å². The fraction of sp³-hybridized carbons (Fsp3) is 0.571. The predicted molar refractivity (Wildman–Crippen MR) is 81.3 cm³/mol. The first-order valence-corrected chi connectivity index (χ1v) is 7.33. The number of nitrogens with two attached hydrogens (primary N) is 1. The van der Waals surface area contributed by atoms with Crippen LogP contribution in [0.15, 0.2) is 22.7 Å². The maximum Gasteiger partial charge on any atom is 0.0641 e. The van der Waals surface area contributed by atoms with Crippen LogP contribution in [0, 0.1) is 0 Å². The van der Waals surface area contributed by atoms with E-state index in [0.29, 0.717) is 6.54 Å². The zero-order valence-electron chi connectivity index (χ0n) is 11.3. The van der Waals surface area contributed by atoms with E-state index in [1.165, 1.54) is 11.3 Å². The normalized spacial score (nSPS) is 10.7. The number of halogens is 1. The zero-order valence-corrected chi connectivity index (χ0v) is 12.9. The van der Waals surface area contributed by atoms with E-state index in [2.05, 4.69) is 46.0 Å². The van der Waals surface area contributed by atoms with Crippen LogP contribution in [0.3, 0.4) is 0 Å². The Labute approximate surface area is 118 Å². The van der Waals surface area contributed by atoms with Gasteiger partial charge >= 0.3 is 0 Å². The summed E-state index contributed by atoms with van der Waals surface area (Å²) in [6, 6.07) is 6.40. The molecule has 0 atom stereocenters. The van der Waals surface area contributed by atoms with E-state index < -0.39 is 0 Å². The van der Waals surface area contributed by atoms with E-state index in [4.69, 9.17) is 10.5 Å². The zero-order chi connectivity index (χ0) is 13.4. The Morgan fingerprint density at radius 2 is 2.11 bits per heavy atom. The molecular weight excluding hydrogens is 292 g/mol. The van der Waals surface area contributed by atoms with Gasteiger partial charge in [0.2, 0.25) is 0 Å². The van der Waals surface area contributed by atoms with E-state index in [1.807, 2.05) is 6.92 Å². The van der Waals surface area contributed by atoms with Crippen LogP contribution in [0.5, 0.6) is 0 Å². The summed E-state index contributed by atoms with van der Waals surface area (Å²) in [5.74, 6) is 0. The number of benzene rings is 1. The summed E-state index contributed by atoms with van der Waals surface area (Å²) in [5, 5.41) is 0. The van der Waals surface area contributed by atoms with E-state index in [1.54, 1.807) is 0 Å². The molecule has 1 rings (SSSR count). The Morgan fingerprint density at radius 3 is 2.72 bits per heavy atom. The summed E-state index contributed by atoms with van der Waals surface area (Å²) in [7, 11) is 0. The minimum Gasteiger partial charge on any atom is -0.380 e. The van der Waals surface area contributed by atoms with Gasteiger partial charge in [-0.2, -0.15) is 0 Å². The number of hydrogen-bond acceptors (Lipinski definition) is 3. The highest BCUT2D eigenvalue weighted by Crippen LogP contribution is 2.24. The smallest absolute Gasteiger partial charge is 0.0641 e. The number of likely N-dealkylation sites (N-methyl/N-ethyl adjacent to an activating group) is 1. The lowest BCUT2D eigenvalue weighted by Crippen LogP contribution is -2.28. The number of ether oxygens (including phenoxy) is 1. The average molecular weight is 315 g/mol. The topological polar surface area (TPSA) is 38.5 Å². The van der Waals surface area contributed by atoms with Gasteiger partial charge in [0.25, 0.3) is 0 Å². The molecule has 0 aliphatic carbocycles. The highest BCUT2D eigenvalue weighted by molar-refractivity contribution is 9.10. The van der Waals surface area contributed by atoms with Gasteiger partial charge in [-0.1, -0.05) is 15.9 Å². The van der Waals surface area contributed by atoms with Crippen molar-refractivity contribution in [2.24, 2.45) is 5.73 Å². The number of anilines is 1. The molecular formula is C14H23BrN2O. The summed E-state index contributed by atoms with van der Waals surface area (Å²) in [4.78, 5) is 2.34. The van der Waals surface area contributed by atoms with Crippen molar-refractivity contribution in [3.05, 3.63) is 28.2 Å². The van der Waals surface area contributed by atoms with Crippen molar-refractivity contribution in [1.29, 1.82) is 0 Å². The fourth-order valence-electron chi connectivity index (χ4n) is 1.99. The van der Waals surface area contributed by atoms with Gasteiger partial charge < -0.3 is 15.4 Å². The van der Waals surface area contributed by atoms with Gasteiger partial charge in [0.15, 0.2) is 0 Å². The van der Waals surface area contributed by atoms with Crippen molar-refractivity contribution in [2.75, 3.05) is 37.7 Å². The molecule has 2 N–H and O–H groups in total. The van der Waals surface area contributed by atoms with Gasteiger partial charge in [-0.25, -0.2) is 0 Å². The number of rotatable bonds is 8. The quantitative estimate of drug-likeness (QED) is 0.750. The number of nitrogens with zero attached hydrogens (tertiary/aromatic N) is 1. The molecule has 0 amide bonds. The first-order valence-electron chi connectivity index (χ1n) is 6.54. The highest BCUT2D eigenvalue weighted by Gasteiger charge is 2.09. The van der Waals surface area contributed by atoms with Crippen LogP contribution < -0.4 is 10.6 Å². The Bertz CT molecular complexity index is 358. The predicted octanol–water partition coefficient (Wildman–Crippen LogP) is 2.81. The minimum absolute atomic E-state index is 0.673. The third kappa shape index (κ3) is 4.59. The molecule has 18 heavy (non-hydrogen) atoms. The molecule has 0 bridgehead atoms. The Kier molecular flexibility index (Phi) is 7.32. The van der Waals surface area contributed by atoms with Crippen molar-refractivity contribution < 1.29 is 4.74 Å². The second kappa shape index (κ2) is 8.51. The van der Waals surface area contributed by atoms with Gasteiger partial charge in [-0.3, -0.25) is 0 Å². The SMILES string of the molecule is CCOCCN(CC)c1ccc(Br)cc1CCN. The summed E-state index contributed by atoms with van der Waals surface area (Å²) >= 11 is 3.52. The monoisotopic (exact) mass is 314 g/mol. The van der Waals surface area contributed by atoms with Crippen molar-refractivity contribution in [2.45, 2.75) is 20.3 Å². The van der Waals surface area contributed by atoms with E-state index in [0.717, 1.165) is 37.2 Å². The average Bonchev–Trinajstić information content (AvgIpc) is 2.36. The van der Waals surface area contributed by atoms with Crippen LogP contribution in [0.2, 0.25) is 0 Å². The fourth-order valence-corrected chi connectivity index (χ4v) is 2.39. The summed E-state index contributed by atoms with van der Waals surface area (Å²) in [6.45, 7) is 8.30. The van der Waals surface area contributed by atoms with Gasteiger partial charge in [0, 0.05) is 29.9 Å². The molecule has 0 heterocycles. The van der Waals surface area contributed by atoms with Crippen LogP contribution in [0.1, 0.15) is 19.4 Å². The minimum atomic E-state index is 0.673. The van der Waals surface area contributed by atoms with Gasteiger partial charge in [-0.15, -0.1) is 0 Å². The highest BCUT2D eigenvalue weighted by atomic mass is 79.9. The van der Waals surface area contributed by atoms with Crippen LogP contribution in [-0.2, 0) is 11.2 Å². The Balaban J connectivity index is 2.82. The van der Waals surface area contributed by atoms with Crippen LogP contribution in [0.4, 0.5) is 5.69 Å². The molecule has 3 nitrogen and oxygen atoms in total. The standard InChI is InChI=1S/C14H23BrN2O/c1-3-17(9-10-18-4-2)14-6-5-13(15)11-12(14)7-8-16/h5-6,11H,3-4,7-10,16H2,1-2H3. The maximum absolute atomic E-state index is 5.68. The molecule has 0 aliphatic rings.